The molecule has 0 aliphatic carbocycles. The van der Waals surface area contributed by atoms with Gasteiger partial charge in [0.25, 0.3) is 0 Å². The molecule has 1 amide bonds. The van der Waals surface area contributed by atoms with Gasteiger partial charge < -0.3 is 5.73 Å². The first-order chi connectivity index (χ1) is 6.52. The molecular weight excluding hydrogens is 195 g/mol. The average molecular weight is 201 g/mol. The van der Waals surface area contributed by atoms with E-state index in [4.69, 9.17) is 5.73 Å². The van der Waals surface area contributed by atoms with Crippen molar-refractivity contribution in [3.05, 3.63) is 41.2 Å². The molecular formula is C9H6F3NO. The van der Waals surface area contributed by atoms with E-state index < -0.39 is 23.4 Å². The van der Waals surface area contributed by atoms with Crippen molar-refractivity contribution in [1.29, 1.82) is 0 Å². The van der Waals surface area contributed by atoms with Crippen molar-refractivity contribution < 1.29 is 18.0 Å². The maximum absolute atomic E-state index is 12.9. The number of hydrogen-bond donors (Lipinski definition) is 1. The Bertz CT molecular complexity index is 401. The minimum Gasteiger partial charge on any atom is -0.366 e. The van der Waals surface area contributed by atoms with Gasteiger partial charge in [0.1, 0.15) is 0 Å². The molecule has 0 aliphatic rings. The second kappa shape index (κ2) is 3.95. The van der Waals surface area contributed by atoms with Gasteiger partial charge in [0, 0.05) is 11.6 Å². The van der Waals surface area contributed by atoms with Gasteiger partial charge >= 0.3 is 0 Å². The highest BCUT2D eigenvalue weighted by atomic mass is 19.2. The minimum atomic E-state index is -1.57. The number of halogens is 3. The van der Waals surface area contributed by atoms with Crippen LogP contribution in [0, 0.1) is 17.5 Å². The molecule has 0 radical (unpaired) electrons. The van der Waals surface area contributed by atoms with Crippen molar-refractivity contribution in [2.75, 3.05) is 0 Å². The highest BCUT2D eigenvalue weighted by Crippen LogP contribution is 2.15. The third kappa shape index (κ3) is 2.12. The molecule has 0 fully saturated rings. The molecule has 5 heteroatoms. The van der Waals surface area contributed by atoms with Crippen molar-refractivity contribution in [1.82, 2.24) is 0 Å². The van der Waals surface area contributed by atoms with Crippen LogP contribution in [0.1, 0.15) is 5.56 Å². The molecule has 0 atom stereocenters. The third-order valence-corrected chi connectivity index (χ3v) is 1.49. The lowest BCUT2D eigenvalue weighted by Crippen LogP contribution is -2.05. The number of primary amides is 1. The summed E-state index contributed by atoms with van der Waals surface area (Å²) in [5, 5.41) is 0. The van der Waals surface area contributed by atoms with E-state index in [0.29, 0.717) is 0 Å². The number of hydrogen-bond acceptors (Lipinski definition) is 1. The van der Waals surface area contributed by atoms with Gasteiger partial charge in [0.15, 0.2) is 17.5 Å². The summed E-state index contributed by atoms with van der Waals surface area (Å²) in [6, 6.07) is 1.77. The summed E-state index contributed by atoms with van der Waals surface area (Å²) in [6.07, 6.45) is 1.83. The smallest absolute Gasteiger partial charge is 0.241 e. The fourth-order valence-electron chi connectivity index (χ4n) is 0.841. The molecule has 14 heavy (non-hydrogen) atoms. The van der Waals surface area contributed by atoms with E-state index in [0.717, 1.165) is 24.3 Å². The number of rotatable bonds is 2. The van der Waals surface area contributed by atoms with E-state index in [1.807, 2.05) is 0 Å². The molecule has 0 spiro atoms. The summed E-state index contributed by atoms with van der Waals surface area (Å²) in [7, 11) is 0. The molecule has 2 nitrogen and oxygen atoms in total. The van der Waals surface area contributed by atoms with E-state index in [1.165, 1.54) is 0 Å². The van der Waals surface area contributed by atoms with Crippen molar-refractivity contribution in [2.45, 2.75) is 0 Å². The zero-order chi connectivity index (χ0) is 10.7. The Morgan fingerprint density at radius 2 is 1.86 bits per heavy atom. The molecule has 1 rings (SSSR count). The SMILES string of the molecule is NC(=O)C=Cc1ccc(F)c(F)c1F. The fourth-order valence-corrected chi connectivity index (χ4v) is 0.841. The Labute approximate surface area is 77.8 Å². The van der Waals surface area contributed by atoms with Crippen LogP contribution in [0.2, 0.25) is 0 Å². The molecule has 0 heterocycles. The van der Waals surface area contributed by atoms with Crippen LogP contribution >= 0.6 is 0 Å². The zero-order valence-electron chi connectivity index (χ0n) is 6.93. The van der Waals surface area contributed by atoms with Crippen LogP contribution in [0.4, 0.5) is 13.2 Å². The topological polar surface area (TPSA) is 43.1 Å². The molecule has 0 saturated carbocycles. The normalized spacial score (nSPS) is 10.8. The van der Waals surface area contributed by atoms with E-state index >= 15 is 0 Å². The van der Waals surface area contributed by atoms with Crippen LogP contribution < -0.4 is 5.73 Å². The second-order valence-corrected chi connectivity index (χ2v) is 2.50. The summed E-state index contributed by atoms with van der Waals surface area (Å²) in [6.45, 7) is 0. The van der Waals surface area contributed by atoms with Crippen LogP contribution in [0.3, 0.4) is 0 Å². The quantitative estimate of drug-likeness (QED) is 0.573. The first kappa shape index (κ1) is 10.3. The predicted molar refractivity (Wildman–Crippen MR) is 44.5 cm³/mol. The molecule has 0 bridgehead atoms. The van der Waals surface area contributed by atoms with Gasteiger partial charge in [-0.05, 0) is 18.2 Å². The fraction of sp³-hybridized carbons (Fsp3) is 0. The molecule has 74 valence electrons. The largest absolute Gasteiger partial charge is 0.366 e. The molecule has 1 aromatic rings. The minimum absolute atomic E-state index is 0.234. The Morgan fingerprint density at radius 1 is 1.21 bits per heavy atom. The summed E-state index contributed by atoms with van der Waals surface area (Å²) < 4.78 is 37.9. The molecule has 1 aromatic carbocycles. The van der Waals surface area contributed by atoms with E-state index in [2.05, 4.69) is 0 Å². The van der Waals surface area contributed by atoms with Crippen molar-refractivity contribution in [3.63, 3.8) is 0 Å². The summed E-state index contributed by atoms with van der Waals surface area (Å²) in [5.74, 6) is -4.99. The lowest BCUT2D eigenvalue weighted by molar-refractivity contribution is -0.113. The lowest BCUT2D eigenvalue weighted by atomic mass is 10.2. The predicted octanol–water partition coefficient (Wildman–Crippen LogP) is 1.60. The number of carbonyl (C=O) groups is 1. The van der Waals surface area contributed by atoms with Crippen LogP contribution in [0.25, 0.3) is 6.08 Å². The van der Waals surface area contributed by atoms with Crippen molar-refractivity contribution in [2.24, 2.45) is 5.73 Å². The number of carbonyl (C=O) groups excluding carboxylic acids is 1. The Balaban J connectivity index is 3.12. The van der Waals surface area contributed by atoms with Crippen LogP contribution in [-0.2, 0) is 4.79 Å². The Kier molecular flexibility index (Phi) is 2.91. The highest BCUT2D eigenvalue weighted by molar-refractivity contribution is 5.90. The first-order valence-electron chi connectivity index (χ1n) is 3.63. The van der Waals surface area contributed by atoms with Gasteiger partial charge in [-0.1, -0.05) is 0 Å². The van der Waals surface area contributed by atoms with Crippen molar-refractivity contribution in [3.8, 4) is 0 Å². The number of amides is 1. The van der Waals surface area contributed by atoms with Gasteiger partial charge in [0.2, 0.25) is 5.91 Å². The molecule has 0 saturated heterocycles. The van der Waals surface area contributed by atoms with Gasteiger partial charge in [-0.2, -0.15) is 0 Å². The Morgan fingerprint density at radius 3 is 2.43 bits per heavy atom. The maximum Gasteiger partial charge on any atom is 0.241 e. The standard InChI is InChI=1S/C9H6F3NO/c10-6-3-1-5(2-4-7(13)14)8(11)9(6)12/h1-4H,(H2,13,14). The van der Waals surface area contributed by atoms with E-state index in [9.17, 15) is 18.0 Å². The highest BCUT2D eigenvalue weighted by Gasteiger charge is 2.11. The summed E-state index contributed by atoms with van der Waals surface area (Å²) >= 11 is 0. The lowest BCUT2D eigenvalue weighted by Gasteiger charge is -1.98. The van der Waals surface area contributed by atoms with Gasteiger partial charge in [0.05, 0.1) is 0 Å². The Hall–Kier alpha value is -1.78. The molecule has 0 aliphatic heterocycles. The average Bonchev–Trinajstić information content (AvgIpc) is 2.13. The van der Waals surface area contributed by atoms with Gasteiger partial charge in [-0.15, -0.1) is 0 Å². The van der Waals surface area contributed by atoms with Crippen LogP contribution in [0.5, 0.6) is 0 Å². The third-order valence-electron chi connectivity index (χ3n) is 1.49. The zero-order valence-corrected chi connectivity index (χ0v) is 6.93. The molecule has 2 N–H and O–H groups in total. The first-order valence-corrected chi connectivity index (χ1v) is 3.63. The summed E-state index contributed by atoms with van der Waals surface area (Å²) in [4.78, 5) is 10.3. The monoisotopic (exact) mass is 201 g/mol. The molecule has 0 unspecified atom stereocenters. The van der Waals surface area contributed by atoms with Gasteiger partial charge in [-0.25, -0.2) is 13.2 Å². The number of benzene rings is 1. The van der Waals surface area contributed by atoms with Gasteiger partial charge in [-0.3, -0.25) is 4.79 Å². The second-order valence-electron chi connectivity index (χ2n) is 2.50. The molecule has 0 aromatic heterocycles. The van der Waals surface area contributed by atoms with Crippen LogP contribution in [0.15, 0.2) is 18.2 Å². The van der Waals surface area contributed by atoms with E-state index in [-0.39, 0.29) is 5.56 Å². The number of nitrogens with two attached hydrogens (primary N) is 1. The van der Waals surface area contributed by atoms with Crippen molar-refractivity contribution >= 4 is 12.0 Å². The maximum atomic E-state index is 12.9. The van der Waals surface area contributed by atoms with E-state index in [1.54, 1.807) is 0 Å². The van der Waals surface area contributed by atoms with Crippen LogP contribution in [-0.4, -0.2) is 5.91 Å². The summed E-state index contributed by atoms with van der Waals surface area (Å²) in [5.41, 5.74) is 4.51.